The highest BCUT2D eigenvalue weighted by Crippen LogP contribution is 2.36. The van der Waals surface area contributed by atoms with Crippen LogP contribution in [-0.2, 0) is 0 Å². The molecule has 0 aromatic heterocycles. The molecule has 0 bridgehead atoms. The minimum atomic E-state index is 0.0988. The van der Waals surface area contributed by atoms with Gasteiger partial charge in [-0.2, -0.15) is 0 Å². The first kappa shape index (κ1) is 13.6. The maximum absolute atomic E-state index is 12.7. The van der Waals surface area contributed by atoms with E-state index >= 15 is 0 Å². The van der Waals surface area contributed by atoms with Gasteiger partial charge in [-0.1, -0.05) is 52.2 Å². The summed E-state index contributed by atoms with van der Waals surface area (Å²) >= 11 is 3.48. The summed E-state index contributed by atoms with van der Waals surface area (Å²) in [5, 5.41) is 0. The average molecular weight is 329 g/mol. The Morgan fingerprint density at radius 3 is 2.65 bits per heavy atom. The second-order valence-corrected chi connectivity index (χ2v) is 6.42. The third-order valence-corrected chi connectivity index (χ3v) is 4.78. The number of rotatable bonds is 3. The molecule has 1 fully saturated rings. The topological polar surface area (TPSA) is 17.1 Å². The van der Waals surface area contributed by atoms with Crippen molar-refractivity contribution in [2.45, 2.75) is 32.1 Å². The van der Waals surface area contributed by atoms with Gasteiger partial charge >= 0.3 is 0 Å². The summed E-state index contributed by atoms with van der Waals surface area (Å²) in [6.07, 6.45) is 3.82. The van der Waals surface area contributed by atoms with Crippen LogP contribution in [0.4, 0.5) is 0 Å². The summed E-state index contributed by atoms with van der Waals surface area (Å²) in [6, 6.07) is 14.0. The fourth-order valence-electron chi connectivity index (χ4n) is 2.64. The molecule has 0 heterocycles. The molecule has 1 aliphatic rings. The van der Waals surface area contributed by atoms with Crippen LogP contribution in [0.1, 0.15) is 52.2 Å². The zero-order chi connectivity index (χ0) is 14.1. The Labute approximate surface area is 128 Å². The Morgan fingerprint density at radius 2 is 1.95 bits per heavy atom. The first-order valence-electron chi connectivity index (χ1n) is 7.06. The molecule has 0 amide bonds. The molecule has 2 heteroatoms. The molecule has 2 aromatic rings. The van der Waals surface area contributed by atoms with E-state index in [2.05, 4.69) is 28.1 Å². The summed E-state index contributed by atoms with van der Waals surface area (Å²) < 4.78 is 0.863. The van der Waals surface area contributed by atoms with E-state index in [1.54, 1.807) is 0 Å². The molecule has 0 spiro atoms. The van der Waals surface area contributed by atoms with E-state index in [1.807, 2.05) is 37.3 Å². The average Bonchev–Trinajstić information content (AvgIpc) is 2.39. The Bertz CT molecular complexity index is 656. The van der Waals surface area contributed by atoms with Crippen LogP contribution < -0.4 is 0 Å². The first-order chi connectivity index (χ1) is 9.65. The van der Waals surface area contributed by atoms with Crippen molar-refractivity contribution in [2.24, 2.45) is 0 Å². The van der Waals surface area contributed by atoms with Gasteiger partial charge in [0, 0.05) is 15.6 Å². The van der Waals surface area contributed by atoms with Gasteiger partial charge in [0.2, 0.25) is 0 Å². The lowest BCUT2D eigenvalue weighted by Crippen LogP contribution is -2.10. The molecule has 2 aromatic carbocycles. The van der Waals surface area contributed by atoms with Crippen LogP contribution in [0, 0.1) is 6.92 Å². The molecule has 3 rings (SSSR count). The van der Waals surface area contributed by atoms with Crippen molar-refractivity contribution < 1.29 is 4.79 Å². The molecule has 1 nitrogen and oxygen atoms in total. The summed E-state index contributed by atoms with van der Waals surface area (Å²) in [7, 11) is 0. The van der Waals surface area contributed by atoms with Gasteiger partial charge in [-0.05, 0) is 49.4 Å². The summed E-state index contributed by atoms with van der Waals surface area (Å²) in [5.74, 6) is 0.755. The second kappa shape index (κ2) is 5.53. The van der Waals surface area contributed by atoms with Gasteiger partial charge in [-0.3, -0.25) is 4.79 Å². The van der Waals surface area contributed by atoms with Crippen molar-refractivity contribution in [3.8, 4) is 0 Å². The smallest absolute Gasteiger partial charge is 0.194 e. The van der Waals surface area contributed by atoms with Gasteiger partial charge in [-0.25, -0.2) is 0 Å². The van der Waals surface area contributed by atoms with E-state index in [9.17, 15) is 4.79 Å². The van der Waals surface area contributed by atoms with Crippen LogP contribution in [-0.4, -0.2) is 5.78 Å². The Morgan fingerprint density at radius 1 is 1.15 bits per heavy atom. The highest BCUT2D eigenvalue weighted by Gasteiger charge is 2.21. The van der Waals surface area contributed by atoms with Crippen molar-refractivity contribution in [1.29, 1.82) is 0 Å². The van der Waals surface area contributed by atoms with Crippen molar-refractivity contribution in [2.75, 3.05) is 0 Å². The lowest BCUT2D eigenvalue weighted by Gasteiger charge is -2.26. The molecule has 0 N–H and O–H groups in total. The molecule has 20 heavy (non-hydrogen) atoms. The maximum atomic E-state index is 12.7. The quantitative estimate of drug-likeness (QED) is 0.702. The number of benzene rings is 2. The summed E-state index contributed by atoms with van der Waals surface area (Å²) in [5.41, 5.74) is 3.95. The van der Waals surface area contributed by atoms with E-state index < -0.39 is 0 Å². The van der Waals surface area contributed by atoms with E-state index in [-0.39, 0.29) is 5.78 Å². The number of ketones is 1. The summed E-state index contributed by atoms with van der Waals surface area (Å²) in [6.45, 7) is 2.01. The maximum Gasteiger partial charge on any atom is 0.194 e. The first-order valence-corrected chi connectivity index (χ1v) is 7.85. The molecule has 1 saturated carbocycles. The van der Waals surface area contributed by atoms with Crippen LogP contribution in [0.5, 0.6) is 0 Å². The Hall–Kier alpha value is -1.41. The normalized spacial score (nSPS) is 14.9. The fraction of sp³-hybridized carbons (Fsp3) is 0.278. The number of carbonyl (C=O) groups excluding carboxylic acids is 1. The van der Waals surface area contributed by atoms with Crippen molar-refractivity contribution in [3.63, 3.8) is 0 Å². The predicted molar refractivity (Wildman–Crippen MR) is 85.3 cm³/mol. The zero-order valence-corrected chi connectivity index (χ0v) is 13.1. The van der Waals surface area contributed by atoms with Gasteiger partial charge in [0.05, 0.1) is 0 Å². The third-order valence-electron chi connectivity index (χ3n) is 4.09. The fourth-order valence-corrected chi connectivity index (χ4v) is 3.07. The Balaban J connectivity index is 1.95. The number of halogens is 1. The molecule has 0 radical (unpaired) electrons. The lowest BCUT2D eigenvalue weighted by molar-refractivity contribution is 0.103. The van der Waals surface area contributed by atoms with E-state index in [1.165, 1.54) is 24.8 Å². The second-order valence-electron chi connectivity index (χ2n) is 5.57. The number of hydrogen-bond donors (Lipinski definition) is 0. The highest BCUT2D eigenvalue weighted by molar-refractivity contribution is 9.10. The molecule has 0 unspecified atom stereocenters. The zero-order valence-electron chi connectivity index (χ0n) is 11.5. The number of hydrogen-bond acceptors (Lipinski definition) is 1. The number of aryl methyl sites for hydroxylation is 1. The largest absolute Gasteiger partial charge is 0.289 e. The van der Waals surface area contributed by atoms with Gasteiger partial charge in [0.15, 0.2) is 5.78 Å². The van der Waals surface area contributed by atoms with Crippen molar-refractivity contribution >= 4 is 21.7 Å². The number of carbonyl (C=O) groups is 1. The van der Waals surface area contributed by atoms with E-state index in [4.69, 9.17) is 0 Å². The van der Waals surface area contributed by atoms with Crippen LogP contribution in [0.25, 0.3) is 0 Å². The molecule has 0 atom stereocenters. The molecular weight excluding hydrogens is 312 g/mol. The molecule has 102 valence electrons. The van der Waals surface area contributed by atoms with Gasteiger partial charge < -0.3 is 0 Å². The van der Waals surface area contributed by atoms with Crippen LogP contribution >= 0.6 is 15.9 Å². The van der Waals surface area contributed by atoms with Crippen molar-refractivity contribution in [3.05, 3.63) is 69.2 Å². The van der Waals surface area contributed by atoms with Gasteiger partial charge in [0.1, 0.15) is 0 Å². The van der Waals surface area contributed by atoms with Crippen LogP contribution in [0.3, 0.4) is 0 Å². The van der Waals surface area contributed by atoms with Gasteiger partial charge in [0.25, 0.3) is 0 Å². The van der Waals surface area contributed by atoms with Crippen molar-refractivity contribution in [1.82, 2.24) is 0 Å². The SMILES string of the molecule is Cc1ccc(Br)c(C(=O)c2cccc(C3CCC3)c2)c1. The molecule has 1 aliphatic carbocycles. The van der Waals surface area contributed by atoms with E-state index in [0.717, 1.165) is 21.2 Å². The minimum Gasteiger partial charge on any atom is -0.289 e. The predicted octanol–water partition coefficient (Wildman–Crippen LogP) is 5.26. The molecular formula is C18H17BrO. The van der Waals surface area contributed by atoms with Crippen LogP contribution in [0.2, 0.25) is 0 Å². The lowest BCUT2D eigenvalue weighted by atomic mass is 9.79. The van der Waals surface area contributed by atoms with E-state index in [0.29, 0.717) is 5.92 Å². The molecule has 0 aliphatic heterocycles. The molecule has 0 saturated heterocycles. The van der Waals surface area contributed by atoms with Crippen LogP contribution in [0.15, 0.2) is 46.9 Å². The minimum absolute atomic E-state index is 0.0988. The standard InChI is InChI=1S/C18H17BrO/c1-12-8-9-17(19)16(10-12)18(20)15-7-3-6-14(11-15)13-4-2-5-13/h3,6-11,13H,2,4-5H2,1H3. The summed E-state index contributed by atoms with van der Waals surface area (Å²) in [4.78, 5) is 12.7. The monoisotopic (exact) mass is 328 g/mol. The van der Waals surface area contributed by atoms with Gasteiger partial charge in [-0.15, -0.1) is 0 Å². The highest BCUT2D eigenvalue weighted by atomic mass is 79.9. The Kier molecular flexibility index (Phi) is 3.75. The third kappa shape index (κ3) is 2.57.